The maximum absolute atomic E-state index is 9.10. The van der Waals surface area contributed by atoms with Crippen LogP contribution in [0, 0.1) is 6.92 Å². The standard InChI is InChI=1S/C15H23N3O2/c1-11-6-7-13(15(16)17-20)14(10-11)18(8-3-9-19)12-4-2-5-12/h6-7,10,12,19-20H,2-5,8-9H2,1H3,(H2,16,17). The van der Waals surface area contributed by atoms with Gasteiger partial charge in [-0.15, -0.1) is 0 Å². The van der Waals surface area contributed by atoms with Gasteiger partial charge >= 0.3 is 0 Å². The molecule has 1 fully saturated rings. The van der Waals surface area contributed by atoms with Gasteiger partial charge in [0.15, 0.2) is 5.84 Å². The van der Waals surface area contributed by atoms with Crippen LogP contribution in [0.25, 0.3) is 0 Å². The molecule has 2 rings (SSSR count). The second kappa shape index (κ2) is 6.61. The summed E-state index contributed by atoms with van der Waals surface area (Å²) in [4.78, 5) is 2.29. The molecule has 0 heterocycles. The van der Waals surface area contributed by atoms with Gasteiger partial charge in [-0.25, -0.2) is 0 Å². The average Bonchev–Trinajstić information content (AvgIpc) is 2.40. The molecule has 0 atom stereocenters. The van der Waals surface area contributed by atoms with Crippen LogP contribution in [0.3, 0.4) is 0 Å². The summed E-state index contributed by atoms with van der Waals surface area (Å²) in [5.74, 6) is 0.133. The molecule has 0 amide bonds. The second-order valence-corrected chi connectivity index (χ2v) is 5.36. The van der Waals surface area contributed by atoms with E-state index in [0.717, 1.165) is 42.6 Å². The van der Waals surface area contributed by atoms with Gasteiger partial charge < -0.3 is 20.9 Å². The number of hydrogen-bond acceptors (Lipinski definition) is 4. The summed E-state index contributed by atoms with van der Waals surface area (Å²) in [6, 6.07) is 6.42. The minimum Gasteiger partial charge on any atom is -0.409 e. The molecule has 1 aromatic rings. The van der Waals surface area contributed by atoms with E-state index >= 15 is 0 Å². The van der Waals surface area contributed by atoms with Crippen LogP contribution in [0.5, 0.6) is 0 Å². The van der Waals surface area contributed by atoms with Crippen molar-refractivity contribution in [3.05, 3.63) is 29.3 Å². The third-order valence-corrected chi connectivity index (χ3v) is 3.92. The van der Waals surface area contributed by atoms with Crippen LogP contribution < -0.4 is 10.6 Å². The number of oxime groups is 1. The second-order valence-electron chi connectivity index (χ2n) is 5.36. The zero-order valence-corrected chi connectivity index (χ0v) is 11.9. The van der Waals surface area contributed by atoms with Crippen LogP contribution in [-0.2, 0) is 0 Å². The zero-order chi connectivity index (χ0) is 14.5. The van der Waals surface area contributed by atoms with E-state index < -0.39 is 0 Å². The van der Waals surface area contributed by atoms with Gasteiger partial charge in [0.25, 0.3) is 0 Å². The predicted octanol–water partition coefficient (Wildman–Crippen LogP) is 1.83. The van der Waals surface area contributed by atoms with E-state index in [2.05, 4.69) is 16.1 Å². The van der Waals surface area contributed by atoms with E-state index in [0.29, 0.717) is 6.04 Å². The first kappa shape index (κ1) is 14.7. The Hall–Kier alpha value is -1.75. The van der Waals surface area contributed by atoms with Gasteiger partial charge in [0.2, 0.25) is 0 Å². The van der Waals surface area contributed by atoms with Crippen LogP contribution in [0.2, 0.25) is 0 Å². The molecule has 1 aliphatic carbocycles. The Kier molecular flexibility index (Phi) is 4.84. The molecule has 4 N–H and O–H groups in total. The smallest absolute Gasteiger partial charge is 0.172 e. The quantitative estimate of drug-likeness (QED) is 0.321. The first-order valence-corrected chi connectivity index (χ1v) is 7.13. The number of rotatable bonds is 6. The Morgan fingerprint density at radius 1 is 1.45 bits per heavy atom. The Bertz CT molecular complexity index is 484. The fraction of sp³-hybridized carbons (Fsp3) is 0.533. The van der Waals surface area contributed by atoms with Crippen LogP contribution in [0.1, 0.15) is 36.8 Å². The Morgan fingerprint density at radius 2 is 2.20 bits per heavy atom. The lowest BCUT2D eigenvalue weighted by molar-refractivity contribution is 0.283. The number of hydrogen-bond donors (Lipinski definition) is 3. The maximum Gasteiger partial charge on any atom is 0.172 e. The van der Waals surface area contributed by atoms with Crippen molar-refractivity contribution >= 4 is 11.5 Å². The molecule has 0 unspecified atom stereocenters. The lowest BCUT2D eigenvalue weighted by atomic mass is 9.90. The SMILES string of the molecule is Cc1ccc(/C(N)=N/O)c(N(CCCO)C2CCC2)c1. The van der Waals surface area contributed by atoms with Crippen LogP contribution in [-0.4, -0.2) is 35.3 Å². The molecule has 0 aromatic heterocycles. The summed E-state index contributed by atoms with van der Waals surface area (Å²) in [6.07, 6.45) is 4.29. The van der Waals surface area contributed by atoms with Gasteiger partial charge in [0, 0.05) is 30.4 Å². The number of benzene rings is 1. The Morgan fingerprint density at radius 3 is 2.75 bits per heavy atom. The lowest BCUT2D eigenvalue weighted by Crippen LogP contribution is -2.42. The minimum absolute atomic E-state index is 0.133. The molecule has 0 aliphatic heterocycles. The number of aliphatic hydroxyl groups is 1. The van der Waals surface area contributed by atoms with Crippen molar-refractivity contribution in [3.63, 3.8) is 0 Å². The summed E-state index contributed by atoms with van der Waals surface area (Å²) >= 11 is 0. The Balaban J connectivity index is 2.37. The van der Waals surface area contributed by atoms with E-state index in [1.807, 2.05) is 19.1 Å². The van der Waals surface area contributed by atoms with Crippen molar-refractivity contribution in [3.8, 4) is 0 Å². The highest BCUT2D eigenvalue weighted by Gasteiger charge is 2.27. The summed E-state index contributed by atoms with van der Waals surface area (Å²) in [5, 5.41) is 21.2. The van der Waals surface area contributed by atoms with Crippen LogP contribution >= 0.6 is 0 Å². The van der Waals surface area contributed by atoms with Gasteiger partial charge in [-0.2, -0.15) is 0 Å². The maximum atomic E-state index is 9.10. The molecule has 1 aromatic carbocycles. The molecular weight excluding hydrogens is 254 g/mol. The monoisotopic (exact) mass is 277 g/mol. The third-order valence-electron chi connectivity index (χ3n) is 3.92. The molecule has 110 valence electrons. The normalized spacial score (nSPS) is 16.0. The van der Waals surface area contributed by atoms with Crippen molar-refractivity contribution in [2.45, 2.75) is 38.6 Å². The molecule has 0 saturated heterocycles. The van der Waals surface area contributed by atoms with Crippen molar-refractivity contribution in [2.75, 3.05) is 18.1 Å². The predicted molar refractivity (Wildman–Crippen MR) is 80.4 cm³/mol. The topological polar surface area (TPSA) is 82.1 Å². The van der Waals surface area contributed by atoms with E-state index in [1.54, 1.807) is 0 Å². The summed E-state index contributed by atoms with van der Waals surface area (Å²) in [5.41, 5.74) is 8.69. The number of amidine groups is 1. The van der Waals surface area contributed by atoms with Gasteiger partial charge in [0.1, 0.15) is 0 Å². The first-order valence-electron chi connectivity index (χ1n) is 7.13. The van der Waals surface area contributed by atoms with Gasteiger partial charge in [-0.3, -0.25) is 0 Å². The molecule has 0 bridgehead atoms. The summed E-state index contributed by atoms with van der Waals surface area (Å²) < 4.78 is 0. The number of anilines is 1. The number of nitrogens with two attached hydrogens (primary N) is 1. The van der Waals surface area contributed by atoms with Crippen LogP contribution in [0.15, 0.2) is 23.4 Å². The average molecular weight is 277 g/mol. The molecule has 20 heavy (non-hydrogen) atoms. The summed E-state index contributed by atoms with van der Waals surface area (Å²) in [6.45, 7) is 2.99. The van der Waals surface area contributed by atoms with Gasteiger partial charge in [-0.1, -0.05) is 11.2 Å². The molecule has 0 radical (unpaired) electrons. The number of aliphatic hydroxyl groups excluding tert-OH is 1. The molecule has 5 heteroatoms. The largest absolute Gasteiger partial charge is 0.409 e. The van der Waals surface area contributed by atoms with E-state index in [4.69, 9.17) is 16.0 Å². The van der Waals surface area contributed by atoms with E-state index in [-0.39, 0.29) is 12.4 Å². The van der Waals surface area contributed by atoms with E-state index in [9.17, 15) is 0 Å². The highest BCUT2D eigenvalue weighted by Crippen LogP contribution is 2.32. The molecule has 1 saturated carbocycles. The van der Waals surface area contributed by atoms with E-state index in [1.165, 1.54) is 6.42 Å². The van der Waals surface area contributed by atoms with Crippen molar-refractivity contribution in [2.24, 2.45) is 10.9 Å². The lowest BCUT2D eigenvalue weighted by Gasteiger charge is -2.40. The third kappa shape index (κ3) is 3.04. The molecule has 1 aliphatic rings. The minimum atomic E-state index is 0.133. The molecule has 0 spiro atoms. The van der Waals surface area contributed by atoms with Gasteiger partial charge in [0.05, 0.1) is 0 Å². The first-order chi connectivity index (χ1) is 9.67. The zero-order valence-electron chi connectivity index (χ0n) is 11.9. The van der Waals surface area contributed by atoms with Crippen molar-refractivity contribution in [1.82, 2.24) is 0 Å². The fourth-order valence-electron chi connectivity index (χ4n) is 2.59. The highest BCUT2D eigenvalue weighted by molar-refractivity contribution is 6.02. The van der Waals surface area contributed by atoms with Gasteiger partial charge in [-0.05, 0) is 50.3 Å². The van der Waals surface area contributed by atoms with Crippen molar-refractivity contribution < 1.29 is 10.3 Å². The van der Waals surface area contributed by atoms with Crippen molar-refractivity contribution in [1.29, 1.82) is 0 Å². The number of aryl methyl sites for hydroxylation is 1. The van der Waals surface area contributed by atoms with Crippen LogP contribution in [0.4, 0.5) is 5.69 Å². The highest BCUT2D eigenvalue weighted by atomic mass is 16.4. The summed E-state index contributed by atoms with van der Waals surface area (Å²) in [7, 11) is 0. The fourth-order valence-corrected chi connectivity index (χ4v) is 2.59. The molecular formula is C15H23N3O2. The number of nitrogens with zero attached hydrogens (tertiary/aromatic N) is 2. The Labute approximate surface area is 119 Å². The molecule has 5 nitrogen and oxygen atoms in total.